The molecular weight excluding hydrogens is 448 g/mol. The quantitative estimate of drug-likeness (QED) is 0.629. The van der Waals surface area contributed by atoms with Crippen LogP contribution in [0, 0.1) is 0 Å². The van der Waals surface area contributed by atoms with Gasteiger partial charge in [0.1, 0.15) is 12.0 Å². The van der Waals surface area contributed by atoms with Gasteiger partial charge in [0.2, 0.25) is 0 Å². The van der Waals surface area contributed by atoms with Gasteiger partial charge in [0.25, 0.3) is 0 Å². The standard InChI is InChI=1S/C26H30N4O5/c1-16(2)29-13-17-9-22(20-11-27-28(12-20)21-4-6-35-7-5-21)24(34-3)10-23(17)25-19(15-31)8-18(26(32)33)14-30(25)29/h9-12,14-16,21H,4-8,13H2,1-3H3,(H,32,33). The molecule has 5 rings (SSSR count). The van der Waals surface area contributed by atoms with E-state index in [4.69, 9.17) is 9.47 Å². The summed E-state index contributed by atoms with van der Waals surface area (Å²) in [5, 5.41) is 18.1. The first-order valence-corrected chi connectivity index (χ1v) is 11.9. The smallest absolute Gasteiger partial charge is 0.333 e. The highest BCUT2D eigenvalue weighted by Crippen LogP contribution is 2.44. The number of ether oxygens (including phenoxy) is 2. The maximum atomic E-state index is 12.1. The van der Waals surface area contributed by atoms with Crippen molar-refractivity contribution in [3.05, 3.63) is 53.0 Å². The Hall–Kier alpha value is -3.43. The van der Waals surface area contributed by atoms with Crippen molar-refractivity contribution in [2.45, 2.75) is 51.7 Å². The Balaban J connectivity index is 1.61. The highest BCUT2D eigenvalue weighted by atomic mass is 16.5. The third kappa shape index (κ3) is 4.15. The molecule has 0 atom stereocenters. The Bertz CT molecular complexity index is 1220. The van der Waals surface area contributed by atoms with Crippen LogP contribution >= 0.6 is 0 Å². The molecule has 3 aliphatic rings. The number of rotatable bonds is 6. The van der Waals surface area contributed by atoms with Crippen LogP contribution < -0.4 is 4.74 Å². The topological polar surface area (TPSA) is 97.1 Å². The number of aldehydes is 1. The Morgan fingerprint density at radius 2 is 2.03 bits per heavy atom. The highest BCUT2D eigenvalue weighted by Gasteiger charge is 2.35. The van der Waals surface area contributed by atoms with E-state index in [-0.39, 0.29) is 18.0 Å². The molecule has 0 amide bonds. The van der Waals surface area contributed by atoms with Crippen LogP contribution in [0.15, 0.2) is 41.9 Å². The van der Waals surface area contributed by atoms with Crippen molar-refractivity contribution in [1.82, 2.24) is 19.8 Å². The minimum absolute atomic E-state index is 0.0808. The molecule has 0 bridgehead atoms. The van der Waals surface area contributed by atoms with Gasteiger partial charge in [0.05, 0.1) is 30.6 Å². The van der Waals surface area contributed by atoms with Gasteiger partial charge in [0.15, 0.2) is 0 Å². The molecule has 184 valence electrons. The van der Waals surface area contributed by atoms with Crippen molar-refractivity contribution >= 4 is 18.0 Å². The summed E-state index contributed by atoms with van der Waals surface area (Å²) >= 11 is 0. The number of hydrogen-bond donors (Lipinski definition) is 1. The van der Waals surface area contributed by atoms with Crippen LogP contribution in [0.25, 0.3) is 16.8 Å². The molecule has 35 heavy (non-hydrogen) atoms. The van der Waals surface area contributed by atoms with Gasteiger partial charge in [-0.25, -0.2) is 9.80 Å². The minimum atomic E-state index is -1.02. The molecule has 0 spiro atoms. The maximum absolute atomic E-state index is 12.1. The van der Waals surface area contributed by atoms with Crippen molar-refractivity contribution in [2.75, 3.05) is 20.3 Å². The van der Waals surface area contributed by atoms with Gasteiger partial charge in [-0.2, -0.15) is 5.10 Å². The number of nitrogens with zero attached hydrogens (tertiary/aromatic N) is 4. The van der Waals surface area contributed by atoms with Crippen molar-refractivity contribution in [3.63, 3.8) is 0 Å². The van der Waals surface area contributed by atoms with Crippen LogP contribution in [0.2, 0.25) is 0 Å². The molecule has 1 aromatic carbocycles. The number of aliphatic carboxylic acids is 1. The molecule has 1 saturated heterocycles. The largest absolute Gasteiger partial charge is 0.496 e. The molecule has 1 N–H and O–H groups in total. The van der Waals surface area contributed by atoms with E-state index in [0.717, 1.165) is 54.6 Å². The summed E-state index contributed by atoms with van der Waals surface area (Å²) in [4.78, 5) is 23.8. The number of hydrazine groups is 1. The number of carbonyl (C=O) groups excluding carboxylic acids is 1. The Labute approximate surface area is 204 Å². The third-order valence-corrected chi connectivity index (χ3v) is 6.97. The monoisotopic (exact) mass is 478 g/mol. The number of hydrogen-bond acceptors (Lipinski definition) is 7. The molecule has 4 heterocycles. The van der Waals surface area contributed by atoms with Crippen LogP contribution in [0.1, 0.15) is 50.3 Å². The molecule has 1 fully saturated rings. The zero-order valence-corrected chi connectivity index (χ0v) is 20.2. The molecule has 0 saturated carbocycles. The van der Waals surface area contributed by atoms with Crippen molar-refractivity contribution in [2.24, 2.45) is 0 Å². The lowest BCUT2D eigenvalue weighted by molar-refractivity contribution is -0.133. The summed E-state index contributed by atoms with van der Waals surface area (Å²) < 4.78 is 13.3. The second-order valence-electron chi connectivity index (χ2n) is 9.43. The van der Waals surface area contributed by atoms with Crippen LogP contribution in [0.4, 0.5) is 0 Å². The van der Waals surface area contributed by atoms with E-state index < -0.39 is 5.97 Å². The Morgan fingerprint density at radius 1 is 1.26 bits per heavy atom. The summed E-state index contributed by atoms with van der Waals surface area (Å²) in [5.41, 5.74) is 5.17. The van der Waals surface area contributed by atoms with Gasteiger partial charge in [-0.05, 0) is 44.4 Å². The fraction of sp³-hybridized carbons (Fsp3) is 0.423. The minimum Gasteiger partial charge on any atom is -0.496 e. The van der Waals surface area contributed by atoms with E-state index in [0.29, 0.717) is 29.6 Å². The van der Waals surface area contributed by atoms with E-state index in [1.807, 2.05) is 22.0 Å². The van der Waals surface area contributed by atoms with Crippen LogP contribution in [0.5, 0.6) is 5.75 Å². The lowest BCUT2D eigenvalue weighted by Crippen LogP contribution is -2.47. The molecule has 9 heteroatoms. The number of allylic oxidation sites excluding steroid dienone is 1. The van der Waals surface area contributed by atoms with Gasteiger partial charge >= 0.3 is 5.97 Å². The van der Waals surface area contributed by atoms with Gasteiger partial charge < -0.3 is 14.6 Å². The molecule has 0 unspecified atom stereocenters. The average molecular weight is 479 g/mol. The second kappa shape index (κ2) is 9.31. The number of carbonyl (C=O) groups is 2. The molecule has 9 nitrogen and oxygen atoms in total. The molecule has 1 aromatic heterocycles. The fourth-order valence-corrected chi connectivity index (χ4v) is 5.10. The lowest BCUT2D eigenvalue weighted by atomic mass is 9.90. The van der Waals surface area contributed by atoms with Crippen molar-refractivity contribution in [3.8, 4) is 16.9 Å². The van der Waals surface area contributed by atoms with E-state index in [1.165, 1.54) is 0 Å². The average Bonchev–Trinajstić information content (AvgIpc) is 3.37. The highest BCUT2D eigenvalue weighted by molar-refractivity contribution is 5.96. The summed E-state index contributed by atoms with van der Waals surface area (Å²) in [7, 11) is 1.63. The van der Waals surface area contributed by atoms with E-state index in [1.54, 1.807) is 13.3 Å². The van der Waals surface area contributed by atoms with Gasteiger partial charge in [-0.15, -0.1) is 0 Å². The van der Waals surface area contributed by atoms with Crippen molar-refractivity contribution in [1.29, 1.82) is 0 Å². The molecular formula is C26H30N4O5. The lowest BCUT2D eigenvalue weighted by Gasteiger charge is -2.45. The maximum Gasteiger partial charge on any atom is 0.333 e. The zero-order chi connectivity index (χ0) is 24.7. The molecule has 0 radical (unpaired) electrons. The summed E-state index contributed by atoms with van der Waals surface area (Å²) in [6.45, 7) is 6.16. The Kier molecular flexibility index (Phi) is 6.21. The predicted molar refractivity (Wildman–Crippen MR) is 129 cm³/mol. The second-order valence-corrected chi connectivity index (χ2v) is 9.43. The number of benzene rings is 1. The first-order chi connectivity index (χ1) is 16.9. The summed E-state index contributed by atoms with van der Waals surface area (Å²) in [6.07, 6.45) is 8.29. The number of carboxylic acid groups (broad SMARTS) is 1. The van der Waals surface area contributed by atoms with Crippen LogP contribution in [0.3, 0.4) is 0 Å². The SMILES string of the molecule is COc1cc2c(cc1-c1cnn(C3CCOCC3)c1)CN(C(C)C)N1C=C(C(=O)O)CC(C=O)=C21. The van der Waals surface area contributed by atoms with E-state index in [9.17, 15) is 14.7 Å². The molecule has 0 aliphatic carbocycles. The van der Waals surface area contributed by atoms with Gasteiger partial charge in [0, 0.05) is 66.9 Å². The first-order valence-electron chi connectivity index (χ1n) is 11.9. The predicted octanol–water partition coefficient (Wildman–Crippen LogP) is 3.63. The van der Waals surface area contributed by atoms with E-state index in [2.05, 4.69) is 36.2 Å². The zero-order valence-electron chi connectivity index (χ0n) is 20.2. The van der Waals surface area contributed by atoms with Crippen molar-refractivity contribution < 1.29 is 24.2 Å². The summed E-state index contributed by atoms with van der Waals surface area (Å²) in [6, 6.07) is 4.47. The molecule has 2 aromatic rings. The number of fused-ring (bicyclic) bond motifs is 3. The summed E-state index contributed by atoms with van der Waals surface area (Å²) in [5.74, 6) is -0.341. The fourth-order valence-electron chi connectivity index (χ4n) is 5.10. The normalized spacial score (nSPS) is 18.9. The van der Waals surface area contributed by atoms with Crippen LogP contribution in [-0.4, -0.2) is 63.5 Å². The number of carboxylic acids is 1. The van der Waals surface area contributed by atoms with E-state index >= 15 is 0 Å². The number of aromatic nitrogens is 2. The third-order valence-electron chi connectivity index (χ3n) is 6.97. The molecule has 3 aliphatic heterocycles. The van der Waals surface area contributed by atoms with Gasteiger partial charge in [-0.1, -0.05) is 0 Å². The number of methoxy groups -OCH3 is 1. The van der Waals surface area contributed by atoms with Crippen LogP contribution in [-0.2, 0) is 20.9 Å². The Morgan fingerprint density at radius 3 is 2.69 bits per heavy atom. The first kappa shape index (κ1) is 23.3. The van der Waals surface area contributed by atoms with Gasteiger partial charge in [-0.3, -0.25) is 14.5 Å².